The molecule has 11 heteroatoms. The second kappa shape index (κ2) is 12.1. The lowest BCUT2D eigenvalue weighted by molar-refractivity contribution is 0.0615. The molecule has 0 spiro atoms. The number of benzene rings is 2. The Balaban J connectivity index is 1.24. The number of halogens is 1. The molecule has 1 amide bonds. The molecule has 1 N–H and O–H groups in total. The minimum absolute atomic E-state index is 0.0973. The first kappa shape index (κ1) is 28.1. The summed E-state index contributed by atoms with van der Waals surface area (Å²) in [4.78, 5) is 35.3. The maximum absolute atomic E-state index is 14.1. The van der Waals surface area contributed by atoms with Crippen LogP contribution in [0, 0.1) is 11.7 Å². The summed E-state index contributed by atoms with van der Waals surface area (Å²) in [5, 5.41) is 3.54. The van der Waals surface area contributed by atoms with Gasteiger partial charge in [-0.2, -0.15) is 0 Å². The van der Waals surface area contributed by atoms with Gasteiger partial charge in [0.05, 0.1) is 31.4 Å². The van der Waals surface area contributed by atoms with E-state index in [0.29, 0.717) is 65.1 Å². The number of anilines is 1. The third-order valence-electron chi connectivity index (χ3n) is 7.50. The van der Waals surface area contributed by atoms with Gasteiger partial charge in [-0.3, -0.25) is 14.6 Å². The van der Waals surface area contributed by atoms with Gasteiger partial charge in [0.1, 0.15) is 28.7 Å². The molecule has 3 aromatic heterocycles. The van der Waals surface area contributed by atoms with E-state index in [0.717, 1.165) is 12.8 Å². The second-order valence-corrected chi connectivity index (χ2v) is 10.2. The third kappa shape index (κ3) is 5.84. The van der Waals surface area contributed by atoms with Gasteiger partial charge in [0, 0.05) is 49.0 Å². The highest BCUT2D eigenvalue weighted by Crippen LogP contribution is 2.36. The van der Waals surface area contributed by atoms with Crippen LogP contribution in [-0.4, -0.2) is 47.9 Å². The van der Waals surface area contributed by atoms with E-state index in [-0.39, 0.29) is 16.8 Å². The third-order valence-corrected chi connectivity index (χ3v) is 7.50. The Morgan fingerprint density at radius 3 is 2.53 bits per heavy atom. The molecule has 2 aromatic carbocycles. The zero-order valence-electron chi connectivity index (χ0n) is 23.6. The SMILES string of the molecule is COc1cc2nccc(Oc3ccc(NC(=O)c4cn(CC5CCOCC5)c5ccc(F)cc5c4=O)nc3)c2cc1OC. The van der Waals surface area contributed by atoms with Gasteiger partial charge in [-0.1, -0.05) is 0 Å². The number of nitrogens with zero attached hydrogens (tertiary/aromatic N) is 3. The highest BCUT2D eigenvalue weighted by Gasteiger charge is 2.20. The van der Waals surface area contributed by atoms with E-state index < -0.39 is 17.2 Å². The zero-order valence-corrected chi connectivity index (χ0v) is 23.6. The highest BCUT2D eigenvalue weighted by molar-refractivity contribution is 6.05. The fourth-order valence-corrected chi connectivity index (χ4v) is 5.25. The van der Waals surface area contributed by atoms with Gasteiger partial charge in [-0.25, -0.2) is 9.37 Å². The summed E-state index contributed by atoms with van der Waals surface area (Å²) in [5.41, 5.74) is 0.588. The fraction of sp³-hybridized carbons (Fsp3) is 0.250. The Kier molecular flexibility index (Phi) is 7.89. The Morgan fingerprint density at radius 2 is 1.79 bits per heavy atom. The number of methoxy groups -OCH3 is 2. The summed E-state index contributed by atoms with van der Waals surface area (Å²) in [6.45, 7) is 1.91. The molecular formula is C32H29FN4O6. The largest absolute Gasteiger partial charge is 0.493 e. The second-order valence-electron chi connectivity index (χ2n) is 10.2. The predicted octanol–water partition coefficient (Wildman–Crippen LogP) is 5.57. The molecule has 0 atom stereocenters. The van der Waals surface area contributed by atoms with Crippen molar-refractivity contribution in [3.8, 4) is 23.0 Å². The predicted molar refractivity (Wildman–Crippen MR) is 159 cm³/mol. The van der Waals surface area contributed by atoms with Gasteiger partial charge in [-0.05, 0) is 61.2 Å². The number of amides is 1. The lowest BCUT2D eigenvalue weighted by Crippen LogP contribution is -2.26. The summed E-state index contributed by atoms with van der Waals surface area (Å²) in [6, 6.07) is 12.5. The number of aromatic nitrogens is 3. The van der Waals surface area contributed by atoms with Crippen molar-refractivity contribution in [2.75, 3.05) is 32.8 Å². The van der Waals surface area contributed by atoms with E-state index in [1.165, 1.54) is 18.3 Å². The Hall–Kier alpha value is -5.03. The minimum atomic E-state index is -0.640. The Labute approximate surface area is 246 Å². The number of hydrogen-bond donors (Lipinski definition) is 1. The topological polar surface area (TPSA) is 114 Å². The van der Waals surface area contributed by atoms with E-state index in [4.69, 9.17) is 18.9 Å². The van der Waals surface area contributed by atoms with E-state index in [9.17, 15) is 14.0 Å². The number of carbonyl (C=O) groups is 1. The van der Waals surface area contributed by atoms with Crippen LogP contribution in [0.1, 0.15) is 23.2 Å². The molecule has 0 unspecified atom stereocenters. The monoisotopic (exact) mass is 584 g/mol. The summed E-state index contributed by atoms with van der Waals surface area (Å²) in [5.74, 6) is 1.38. The van der Waals surface area contributed by atoms with Crippen LogP contribution in [0.2, 0.25) is 0 Å². The van der Waals surface area contributed by atoms with Crippen LogP contribution in [0.5, 0.6) is 23.0 Å². The number of pyridine rings is 3. The Morgan fingerprint density at radius 1 is 1.00 bits per heavy atom. The van der Waals surface area contributed by atoms with Crippen LogP contribution in [0.25, 0.3) is 21.8 Å². The molecule has 0 radical (unpaired) electrons. The molecule has 4 heterocycles. The molecule has 43 heavy (non-hydrogen) atoms. The number of carbonyl (C=O) groups excluding carboxylic acids is 1. The van der Waals surface area contributed by atoms with Gasteiger partial charge in [0.2, 0.25) is 5.43 Å². The van der Waals surface area contributed by atoms with Crippen LogP contribution >= 0.6 is 0 Å². The van der Waals surface area contributed by atoms with E-state index >= 15 is 0 Å². The molecule has 1 aliphatic heterocycles. The summed E-state index contributed by atoms with van der Waals surface area (Å²) in [6.07, 6.45) is 6.36. The molecule has 10 nitrogen and oxygen atoms in total. The van der Waals surface area contributed by atoms with Crippen molar-refractivity contribution in [2.45, 2.75) is 19.4 Å². The first-order chi connectivity index (χ1) is 20.9. The average molecular weight is 585 g/mol. The van der Waals surface area contributed by atoms with E-state index in [2.05, 4.69) is 15.3 Å². The normalized spacial score (nSPS) is 13.7. The summed E-state index contributed by atoms with van der Waals surface area (Å²) >= 11 is 0. The molecule has 1 saturated heterocycles. The number of nitrogens with one attached hydrogen (secondary N) is 1. The molecule has 0 bridgehead atoms. The molecule has 220 valence electrons. The fourth-order valence-electron chi connectivity index (χ4n) is 5.25. The standard InChI is InChI=1S/C32H29FN4O6/c1-40-28-14-22-25(15-29(28)41-2)34-10-7-27(22)43-21-4-6-30(35-16-21)36-32(39)24-18-37(17-19-8-11-42-12-9-19)26-5-3-20(33)13-23(26)31(24)38/h3-7,10,13-16,18-19H,8-9,11-12,17H2,1-2H3,(H,35,36,39). The quantitative estimate of drug-likeness (QED) is 0.252. The zero-order chi connectivity index (χ0) is 29.9. The first-order valence-corrected chi connectivity index (χ1v) is 13.8. The lowest BCUT2D eigenvalue weighted by atomic mass is 9.99. The summed E-state index contributed by atoms with van der Waals surface area (Å²) < 4.78 is 38.3. The van der Waals surface area contributed by atoms with Crippen LogP contribution in [0.3, 0.4) is 0 Å². The van der Waals surface area contributed by atoms with E-state index in [1.807, 2.05) is 4.57 Å². The maximum atomic E-state index is 14.1. The van der Waals surface area contributed by atoms with Crippen LogP contribution in [0.4, 0.5) is 10.2 Å². The number of ether oxygens (including phenoxy) is 4. The van der Waals surface area contributed by atoms with Crippen molar-refractivity contribution < 1.29 is 28.1 Å². The van der Waals surface area contributed by atoms with Gasteiger partial charge in [0.15, 0.2) is 11.5 Å². The maximum Gasteiger partial charge on any atom is 0.262 e. The van der Waals surface area contributed by atoms with Gasteiger partial charge in [0.25, 0.3) is 5.91 Å². The molecule has 0 aliphatic carbocycles. The lowest BCUT2D eigenvalue weighted by Gasteiger charge is -2.24. The van der Waals surface area contributed by atoms with Crippen molar-refractivity contribution in [1.82, 2.24) is 14.5 Å². The molecule has 0 saturated carbocycles. The van der Waals surface area contributed by atoms with Crippen molar-refractivity contribution >= 4 is 33.5 Å². The molecule has 5 aromatic rings. The first-order valence-electron chi connectivity index (χ1n) is 13.8. The van der Waals surface area contributed by atoms with Crippen LogP contribution < -0.4 is 25.0 Å². The van der Waals surface area contributed by atoms with Gasteiger partial charge >= 0.3 is 0 Å². The smallest absolute Gasteiger partial charge is 0.262 e. The van der Waals surface area contributed by atoms with Crippen molar-refractivity contribution in [3.63, 3.8) is 0 Å². The minimum Gasteiger partial charge on any atom is -0.493 e. The van der Waals surface area contributed by atoms with Crippen molar-refractivity contribution in [2.24, 2.45) is 5.92 Å². The van der Waals surface area contributed by atoms with E-state index in [1.54, 1.807) is 63.0 Å². The molecule has 1 fully saturated rings. The average Bonchev–Trinajstić information content (AvgIpc) is 3.03. The van der Waals surface area contributed by atoms with Gasteiger partial charge in [-0.15, -0.1) is 0 Å². The number of hydrogen-bond acceptors (Lipinski definition) is 8. The number of rotatable bonds is 8. The van der Waals surface area contributed by atoms with Gasteiger partial charge < -0.3 is 28.8 Å². The Bertz CT molecular complexity index is 1870. The molecule has 1 aliphatic rings. The van der Waals surface area contributed by atoms with Crippen molar-refractivity contribution in [1.29, 1.82) is 0 Å². The summed E-state index contributed by atoms with van der Waals surface area (Å²) in [7, 11) is 3.11. The van der Waals surface area contributed by atoms with Crippen molar-refractivity contribution in [3.05, 3.63) is 88.7 Å². The molecular weight excluding hydrogens is 555 g/mol. The van der Waals surface area contributed by atoms with Crippen LogP contribution in [0.15, 0.2) is 71.9 Å². The number of fused-ring (bicyclic) bond motifs is 2. The highest BCUT2D eigenvalue weighted by atomic mass is 19.1. The molecule has 6 rings (SSSR count). The van der Waals surface area contributed by atoms with Crippen LogP contribution in [-0.2, 0) is 11.3 Å².